The number of carboxylic acids is 2. The molecular formula is C29H25NO6S2. The van der Waals surface area contributed by atoms with Gasteiger partial charge in [-0.15, -0.1) is 11.3 Å². The van der Waals surface area contributed by atoms with Crippen LogP contribution in [-0.2, 0) is 21.4 Å². The van der Waals surface area contributed by atoms with E-state index in [2.05, 4.69) is 0 Å². The fourth-order valence-electron chi connectivity index (χ4n) is 4.81. The molecule has 0 amide bonds. The van der Waals surface area contributed by atoms with E-state index in [-0.39, 0.29) is 23.4 Å². The molecule has 1 heterocycles. The molecule has 0 radical (unpaired) electrons. The number of benzene rings is 3. The predicted octanol–water partition coefficient (Wildman–Crippen LogP) is 5.62. The normalized spacial score (nSPS) is 18.8. The number of hydrogen-bond acceptors (Lipinski definition) is 5. The molecule has 1 aliphatic carbocycles. The molecule has 0 saturated heterocycles. The van der Waals surface area contributed by atoms with Gasteiger partial charge >= 0.3 is 11.9 Å². The van der Waals surface area contributed by atoms with E-state index in [9.17, 15) is 28.2 Å². The van der Waals surface area contributed by atoms with Gasteiger partial charge in [-0.05, 0) is 71.3 Å². The van der Waals surface area contributed by atoms with E-state index in [0.29, 0.717) is 5.56 Å². The van der Waals surface area contributed by atoms with Crippen LogP contribution in [0.4, 0.5) is 0 Å². The van der Waals surface area contributed by atoms with Crippen LogP contribution in [0.15, 0.2) is 95.2 Å². The Balaban J connectivity index is 1.56. The highest BCUT2D eigenvalue weighted by Crippen LogP contribution is 2.57. The number of thiophene rings is 1. The van der Waals surface area contributed by atoms with Crippen molar-refractivity contribution in [3.05, 3.63) is 113 Å². The third-order valence-electron chi connectivity index (χ3n) is 6.93. The fourth-order valence-corrected chi connectivity index (χ4v) is 7.48. The summed E-state index contributed by atoms with van der Waals surface area (Å²) < 4.78 is 29.3. The zero-order valence-electron chi connectivity index (χ0n) is 20.4. The molecule has 3 aromatic carbocycles. The molecule has 0 bridgehead atoms. The Morgan fingerprint density at radius 1 is 0.974 bits per heavy atom. The molecule has 2 atom stereocenters. The van der Waals surface area contributed by atoms with E-state index in [1.165, 1.54) is 36.4 Å². The van der Waals surface area contributed by atoms with Gasteiger partial charge in [0.2, 0.25) is 10.0 Å². The quantitative estimate of drug-likeness (QED) is 0.281. The number of nitrogens with zero attached hydrogens (tertiary/aromatic N) is 1. The number of aromatic carboxylic acids is 1. The molecule has 9 heteroatoms. The number of rotatable bonds is 9. The summed E-state index contributed by atoms with van der Waals surface area (Å²) in [7, 11) is -4.26. The molecule has 7 nitrogen and oxygen atoms in total. The molecule has 4 aromatic rings. The van der Waals surface area contributed by atoms with Crippen molar-refractivity contribution in [2.75, 3.05) is 0 Å². The van der Waals surface area contributed by atoms with Crippen molar-refractivity contribution in [3.8, 4) is 10.4 Å². The van der Waals surface area contributed by atoms with E-state index in [1.807, 2.05) is 24.4 Å². The Bertz CT molecular complexity index is 1600. The van der Waals surface area contributed by atoms with Gasteiger partial charge in [0.25, 0.3) is 0 Å². The van der Waals surface area contributed by atoms with Crippen molar-refractivity contribution in [1.29, 1.82) is 0 Å². The molecule has 0 unspecified atom stereocenters. The second-order valence-corrected chi connectivity index (χ2v) is 12.2. The number of aliphatic carboxylic acids is 1. The van der Waals surface area contributed by atoms with E-state index in [4.69, 9.17) is 0 Å². The summed E-state index contributed by atoms with van der Waals surface area (Å²) in [6.07, 6.45) is 0.130. The molecule has 5 rings (SSSR count). The molecule has 1 aromatic heterocycles. The molecule has 38 heavy (non-hydrogen) atoms. The molecule has 0 aliphatic heterocycles. The van der Waals surface area contributed by atoms with Gasteiger partial charge in [0.1, 0.15) is 5.54 Å². The molecule has 194 valence electrons. The molecular weight excluding hydrogens is 522 g/mol. The largest absolute Gasteiger partial charge is 0.480 e. The van der Waals surface area contributed by atoms with Crippen LogP contribution in [0.25, 0.3) is 10.4 Å². The van der Waals surface area contributed by atoms with Gasteiger partial charge in [-0.1, -0.05) is 54.6 Å². The van der Waals surface area contributed by atoms with Gasteiger partial charge in [0.15, 0.2) is 0 Å². The minimum absolute atomic E-state index is 0.00368. The minimum Gasteiger partial charge on any atom is -0.480 e. The third-order valence-corrected chi connectivity index (χ3v) is 9.93. The van der Waals surface area contributed by atoms with Crippen LogP contribution in [0.3, 0.4) is 0 Å². The number of aryl methyl sites for hydroxylation is 1. The maximum Gasteiger partial charge on any atom is 0.335 e. The van der Waals surface area contributed by atoms with Crippen LogP contribution in [-0.4, -0.2) is 40.4 Å². The van der Waals surface area contributed by atoms with Gasteiger partial charge < -0.3 is 10.2 Å². The summed E-state index contributed by atoms with van der Waals surface area (Å²) in [6, 6.07) is 23.3. The van der Waals surface area contributed by atoms with E-state index in [0.717, 1.165) is 25.9 Å². The maximum atomic E-state index is 14.1. The monoisotopic (exact) mass is 547 g/mol. The second-order valence-electron chi connectivity index (χ2n) is 9.42. The Hall–Kier alpha value is -3.79. The van der Waals surface area contributed by atoms with Crippen LogP contribution in [0.2, 0.25) is 0 Å². The van der Waals surface area contributed by atoms with Crippen LogP contribution in [0, 0.1) is 6.92 Å². The Labute approximate surface area is 224 Å². The molecule has 1 fully saturated rings. The zero-order chi connectivity index (χ0) is 27.1. The summed E-state index contributed by atoms with van der Waals surface area (Å²) >= 11 is 1.56. The van der Waals surface area contributed by atoms with E-state index in [1.54, 1.807) is 47.7 Å². The van der Waals surface area contributed by atoms with Gasteiger partial charge in [-0.2, -0.15) is 4.31 Å². The van der Waals surface area contributed by atoms with Crippen molar-refractivity contribution in [3.63, 3.8) is 0 Å². The van der Waals surface area contributed by atoms with Crippen molar-refractivity contribution in [1.82, 2.24) is 4.31 Å². The standard InChI is InChI=1S/C29H25NO6S2/c1-19-15-26(37-18-19)22-11-13-24(14-12-22)38(35,36)30(17-20-7-9-23(10-8-20)27(31)32)29(28(33)34)16-25(29)21-5-3-2-4-6-21/h2-15,18,25H,16-17H2,1H3,(H,31,32)(H,33,34)/t25-,29+/m0/s1. The van der Waals surface area contributed by atoms with Gasteiger partial charge in [-0.3, -0.25) is 4.79 Å². The Kier molecular flexibility index (Phi) is 6.68. The molecule has 0 spiro atoms. The smallest absolute Gasteiger partial charge is 0.335 e. The van der Waals surface area contributed by atoms with Crippen LogP contribution < -0.4 is 0 Å². The zero-order valence-corrected chi connectivity index (χ0v) is 22.1. The van der Waals surface area contributed by atoms with Crippen LogP contribution in [0.5, 0.6) is 0 Å². The number of carbonyl (C=O) groups is 2. The number of hydrogen-bond donors (Lipinski definition) is 2. The minimum atomic E-state index is -4.26. The highest BCUT2D eigenvalue weighted by Gasteiger charge is 2.67. The van der Waals surface area contributed by atoms with Crippen LogP contribution >= 0.6 is 11.3 Å². The lowest BCUT2D eigenvalue weighted by atomic mass is 10.1. The SMILES string of the molecule is Cc1csc(-c2ccc(S(=O)(=O)N(Cc3ccc(C(=O)O)cc3)[C@]3(C(=O)O)C[C@H]3c3ccccc3)cc2)c1. The maximum absolute atomic E-state index is 14.1. The number of carboxylic acid groups (broad SMARTS) is 2. The lowest BCUT2D eigenvalue weighted by Gasteiger charge is -2.30. The Morgan fingerprint density at radius 3 is 2.18 bits per heavy atom. The van der Waals surface area contributed by atoms with Crippen molar-refractivity contribution in [2.24, 2.45) is 0 Å². The average Bonchev–Trinajstić information content (AvgIpc) is 3.53. The van der Waals surface area contributed by atoms with Crippen molar-refractivity contribution >= 4 is 33.3 Å². The first-order valence-corrected chi connectivity index (χ1v) is 14.2. The lowest BCUT2D eigenvalue weighted by molar-refractivity contribution is -0.143. The first-order valence-electron chi connectivity index (χ1n) is 11.9. The van der Waals surface area contributed by atoms with E-state index >= 15 is 0 Å². The average molecular weight is 548 g/mol. The summed E-state index contributed by atoms with van der Waals surface area (Å²) in [4.78, 5) is 25.1. The predicted molar refractivity (Wildman–Crippen MR) is 145 cm³/mol. The first kappa shape index (κ1) is 25.8. The molecule has 1 aliphatic rings. The van der Waals surface area contributed by atoms with Gasteiger partial charge in [0, 0.05) is 17.3 Å². The van der Waals surface area contributed by atoms with Gasteiger partial charge in [0.05, 0.1) is 10.5 Å². The summed E-state index contributed by atoms with van der Waals surface area (Å²) in [5, 5.41) is 21.7. The Morgan fingerprint density at radius 2 is 1.63 bits per heavy atom. The highest BCUT2D eigenvalue weighted by atomic mass is 32.2. The molecule has 1 saturated carbocycles. The molecule has 2 N–H and O–H groups in total. The van der Waals surface area contributed by atoms with E-state index < -0.39 is 33.4 Å². The topological polar surface area (TPSA) is 112 Å². The van der Waals surface area contributed by atoms with Gasteiger partial charge in [-0.25, -0.2) is 13.2 Å². The first-order chi connectivity index (χ1) is 18.1. The lowest BCUT2D eigenvalue weighted by Crippen LogP contribution is -2.48. The fraction of sp³-hybridized carbons (Fsp3) is 0.172. The van der Waals surface area contributed by atoms with Crippen LogP contribution in [0.1, 0.15) is 39.4 Å². The summed E-state index contributed by atoms with van der Waals surface area (Å²) in [5.74, 6) is -2.85. The third kappa shape index (κ3) is 4.64. The second kappa shape index (κ2) is 9.83. The number of sulfonamides is 1. The summed E-state index contributed by atoms with van der Waals surface area (Å²) in [5.41, 5.74) is 1.62. The summed E-state index contributed by atoms with van der Waals surface area (Å²) in [6.45, 7) is 1.77. The highest BCUT2D eigenvalue weighted by molar-refractivity contribution is 7.89. The van der Waals surface area contributed by atoms with Crippen molar-refractivity contribution < 1.29 is 28.2 Å². The van der Waals surface area contributed by atoms with Crippen molar-refractivity contribution in [2.45, 2.75) is 36.2 Å².